The van der Waals surface area contributed by atoms with Crippen molar-refractivity contribution in [1.29, 1.82) is 0 Å². The third-order valence-corrected chi connectivity index (χ3v) is 4.34. The van der Waals surface area contributed by atoms with Crippen molar-refractivity contribution in [1.82, 2.24) is 14.9 Å². The van der Waals surface area contributed by atoms with E-state index in [-0.39, 0.29) is 5.91 Å². The molecule has 1 aliphatic rings. The Morgan fingerprint density at radius 3 is 3.00 bits per heavy atom. The van der Waals surface area contributed by atoms with Gasteiger partial charge in [0.1, 0.15) is 5.75 Å². The van der Waals surface area contributed by atoms with Gasteiger partial charge in [-0.25, -0.2) is 9.97 Å². The summed E-state index contributed by atoms with van der Waals surface area (Å²) in [4.78, 5) is 23.6. The Morgan fingerprint density at radius 1 is 1.21 bits per heavy atom. The molecule has 1 amide bonds. The molecule has 0 aliphatic carbocycles. The molecule has 0 fully saturated rings. The minimum atomic E-state index is 0.0193. The fourth-order valence-electron chi connectivity index (χ4n) is 3.08. The summed E-state index contributed by atoms with van der Waals surface area (Å²) in [6, 6.07) is 13.3. The Hall–Kier alpha value is -2.95. The lowest BCUT2D eigenvalue weighted by molar-refractivity contribution is 0.0733. The van der Waals surface area contributed by atoms with Crippen LogP contribution in [0.4, 0.5) is 0 Å². The van der Waals surface area contributed by atoms with Crippen molar-refractivity contribution in [3.8, 4) is 5.75 Å². The smallest absolute Gasteiger partial charge is 0.254 e. The predicted octanol–water partition coefficient (Wildman–Crippen LogP) is 2.84. The van der Waals surface area contributed by atoms with Crippen LogP contribution in [0.15, 0.2) is 48.7 Å². The number of rotatable bonds is 2. The Labute approximate surface area is 139 Å². The minimum absolute atomic E-state index is 0.0193. The average Bonchev–Trinajstić information content (AvgIpc) is 2.65. The first-order valence-electron chi connectivity index (χ1n) is 7.91. The Balaban J connectivity index is 1.63. The highest BCUT2D eigenvalue weighted by atomic mass is 16.5. The Kier molecular flexibility index (Phi) is 3.61. The van der Waals surface area contributed by atoms with Crippen LogP contribution in [-0.4, -0.2) is 34.4 Å². The highest BCUT2D eigenvalue weighted by molar-refractivity contribution is 5.94. The number of ether oxygens (including phenoxy) is 1. The fraction of sp³-hybridized carbons (Fsp3) is 0.211. The highest BCUT2D eigenvalue weighted by Gasteiger charge is 2.23. The highest BCUT2D eigenvalue weighted by Crippen LogP contribution is 2.23. The first-order valence-corrected chi connectivity index (χ1v) is 7.91. The molecule has 3 heterocycles. The summed E-state index contributed by atoms with van der Waals surface area (Å²) in [5, 5.41) is 1.01. The Bertz CT molecular complexity index is 923. The van der Waals surface area contributed by atoms with Crippen LogP contribution in [0.3, 0.4) is 0 Å². The summed E-state index contributed by atoms with van der Waals surface area (Å²) in [6.45, 7) is 1.23. The number of hydrogen-bond acceptors (Lipinski definition) is 4. The van der Waals surface area contributed by atoms with E-state index in [0.717, 1.165) is 28.7 Å². The molecule has 0 atom stereocenters. The second kappa shape index (κ2) is 5.92. The van der Waals surface area contributed by atoms with Crippen LogP contribution in [0.25, 0.3) is 11.0 Å². The van der Waals surface area contributed by atoms with E-state index in [1.54, 1.807) is 19.4 Å². The maximum Gasteiger partial charge on any atom is 0.254 e. The zero-order chi connectivity index (χ0) is 16.5. The molecule has 0 saturated carbocycles. The standard InChI is InChI=1S/C19H17N3O2/c1-24-16-6-2-4-14(11-16)19(23)22-9-7-17-15(12-22)10-13-5-3-8-20-18(13)21-17/h2-6,8,10-11H,7,9,12H2,1H3. The van der Waals surface area contributed by atoms with E-state index in [4.69, 9.17) is 4.74 Å². The second-order valence-corrected chi connectivity index (χ2v) is 5.85. The molecule has 1 aromatic carbocycles. The molecule has 0 spiro atoms. The number of methoxy groups -OCH3 is 1. The van der Waals surface area contributed by atoms with Gasteiger partial charge >= 0.3 is 0 Å². The van der Waals surface area contributed by atoms with Crippen LogP contribution in [0.5, 0.6) is 5.75 Å². The summed E-state index contributed by atoms with van der Waals surface area (Å²) in [5.74, 6) is 0.711. The van der Waals surface area contributed by atoms with Crippen molar-refractivity contribution >= 4 is 16.9 Å². The second-order valence-electron chi connectivity index (χ2n) is 5.85. The Morgan fingerprint density at radius 2 is 2.12 bits per heavy atom. The van der Waals surface area contributed by atoms with E-state index in [1.807, 2.05) is 35.2 Å². The topological polar surface area (TPSA) is 55.3 Å². The lowest BCUT2D eigenvalue weighted by Gasteiger charge is -2.28. The third-order valence-electron chi connectivity index (χ3n) is 4.34. The molecule has 24 heavy (non-hydrogen) atoms. The van der Waals surface area contributed by atoms with Crippen molar-refractivity contribution in [3.05, 3.63) is 65.5 Å². The number of carbonyl (C=O) groups is 1. The molecule has 3 aromatic rings. The monoisotopic (exact) mass is 319 g/mol. The molecule has 0 radical (unpaired) electrons. The van der Waals surface area contributed by atoms with Gasteiger partial charge in [-0.1, -0.05) is 6.07 Å². The number of benzene rings is 1. The van der Waals surface area contributed by atoms with Crippen LogP contribution < -0.4 is 4.74 Å². The van der Waals surface area contributed by atoms with Crippen LogP contribution in [0.2, 0.25) is 0 Å². The van der Waals surface area contributed by atoms with Gasteiger partial charge in [-0.05, 0) is 42.0 Å². The first kappa shape index (κ1) is 14.6. The summed E-state index contributed by atoms with van der Waals surface area (Å²) in [6.07, 6.45) is 2.50. The molecule has 5 heteroatoms. The van der Waals surface area contributed by atoms with Crippen LogP contribution in [-0.2, 0) is 13.0 Å². The normalized spacial score (nSPS) is 13.6. The number of fused-ring (bicyclic) bond motifs is 2. The van der Waals surface area contributed by atoms with E-state index in [1.165, 1.54) is 0 Å². The number of nitrogens with zero attached hydrogens (tertiary/aromatic N) is 3. The van der Waals surface area contributed by atoms with Crippen LogP contribution in [0, 0.1) is 0 Å². The zero-order valence-corrected chi connectivity index (χ0v) is 13.4. The van der Waals surface area contributed by atoms with Gasteiger partial charge in [0.25, 0.3) is 5.91 Å². The molecule has 4 rings (SSSR count). The van der Waals surface area contributed by atoms with E-state index in [9.17, 15) is 4.79 Å². The average molecular weight is 319 g/mol. The molecular weight excluding hydrogens is 302 g/mol. The zero-order valence-electron chi connectivity index (χ0n) is 13.4. The summed E-state index contributed by atoms with van der Waals surface area (Å²) in [5.41, 5.74) is 3.55. The van der Waals surface area contributed by atoms with Gasteiger partial charge in [-0.15, -0.1) is 0 Å². The maximum atomic E-state index is 12.8. The largest absolute Gasteiger partial charge is 0.497 e. The number of hydrogen-bond donors (Lipinski definition) is 0. The van der Waals surface area contributed by atoms with Crippen molar-refractivity contribution in [2.45, 2.75) is 13.0 Å². The van der Waals surface area contributed by atoms with E-state index in [2.05, 4.69) is 16.0 Å². The summed E-state index contributed by atoms with van der Waals surface area (Å²) >= 11 is 0. The summed E-state index contributed by atoms with van der Waals surface area (Å²) in [7, 11) is 1.60. The predicted molar refractivity (Wildman–Crippen MR) is 91.0 cm³/mol. The van der Waals surface area contributed by atoms with Crippen molar-refractivity contribution in [2.75, 3.05) is 13.7 Å². The molecule has 5 nitrogen and oxygen atoms in total. The van der Waals surface area contributed by atoms with Gasteiger partial charge in [0.15, 0.2) is 5.65 Å². The van der Waals surface area contributed by atoms with Gasteiger partial charge in [0.2, 0.25) is 0 Å². The van der Waals surface area contributed by atoms with Crippen molar-refractivity contribution < 1.29 is 9.53 Å². The quantitative estimate of drug-likeness (QED) is 0.729. The van der Waals surface area contributed by atoms with Crippen LogP contribution >= 0.6 is 0 Å². The first-order chi connectivity index (χ1) is 11.7. The lowest BCUT2D eigenvalue weighted by Crippen LogP contribution is -2.36. The van der Waals surface area contributed by atoms with E-state index in [0.29, 0.717) is 24.4 Å². The van der Waals surface area contributed by atoms with Gasteiger partial charge in [-0.2, -0.15) is 0 Å². The van der Waals surface area contributed by atoms with E-state index < -0.39 is 0 Å². The van der Waals surface area contributed by atoms with Gasteiger partial charge in [0.05, 0.1) is 7.11 Å². The molecule has 2 aromatic heterocycles. The van der Waals surface area contributed by atoms with Crippen molar-refractivity contribution in [2.24, 2.45) is 0 Å². The fourth-order valence-corrected chi connectivity index (χ4v) is 3.08. The molecular formula is C19H17N3O2. The van der Waals surface area contributed by atoms with Gasteiger partial charge in [-0.3, -0.25) is 4.79 Å². The molecule has 0 bridgehead atoms. The number of pyridine rings is 2. The number of carbonyl (C=O) groups excluding carboxylic acids is 1. The number of aromatic nitrogens is 2. The summed E-state index contributed by atoms with van der Waals surface area (Å²) < 4.78 is 5.21. The maximum absolute atomic E-state index is 12.8. The third kappa shape index (κ3) is 2.58. The van der Waals surface area contributed by atoms with Crippen molar-refractivity contribution in [3.63, 3.8) is 0 Å². The van der Waals surface area contributed by atoms with Gasteiger partial charge in [0, 0.05) is 42.4 Å². The minimum Gasteiger partial charge on any atom is -0.497 e. The molecule has 1 aliphatic heterocycles. The van der Waals surface area contributed by atoms with E-state index >= 15 is 0 Å². The number of amides is 1. The lowest BCUT2D eigenvalue weighted by atomic mass is 10.0. The molecule has 0 N–H and O–H groups in total. The molecule has 0 unspecified atom stereocenters. The van der Waals surface area contributed by atoms with Gasteiger partial charge < -0.3 is 9.64 Å². The van der Waals surface area contributed by atoms with Crippen LogP contribution in [0.1, 0.15) is 21.6 Å². The molecule has 0 saturated heterocycles. The SMILES string of the molecule is COc1cccc(C(=O)N2CCc3nc4ncccc4cc3C2)c1. The molecule has 120 valence electrons.